The molecule has 16 heteroatoms. The van der Waals surface area contributed by atoms with E-state index in [4.69, 9.17) is 34.4 Å². The van der Waals surface area contributed by atoms with Crippen molar-refractivity contribution >= 4 is 35.6 Å². The van der Waals surface area contributed by atoms with E-state index in [2.05, 4.69) is 20.6 Å². The second-order valence-corrected chi connectivity index (χ2v) is 9.44. The molecule has 16 nitrogen and oxygen atoms in total. The average Bonchev–Trinajstić information content (AvgIpc) is 3.37. The zero-order chi connectivity index (χ0) is 29.4. The Bertz CT molecular complexity index is 875. The lowest BCUT2D eigenvalue weighted by atomic mass is 10.0. The van der Waals surface area contributed by atoms with Crippen LogP contribution in [0.1, 0.15) is 57.8 Å². The molecule has 0 aromatic heterocycles. The van der Waals surface area contributed by atoms with Gasteiger partial charge in [0.05, 0.1) is 6.04 Å². The molecule has 0 unspecified atom stereocenters. The monoisotopic (exact) mass is 555 g/mol. The Hall–Kier alpha value is -3.66. The normalized spacial score (nSPS) is 17.0. The second kappa shape index (κ2) is 17.8. The van der Waals surface area contributed by atoms with Crippen molar-refractivity contribution in [2.75, 3.05) is 26.2 Å². The van der Waals surface area contributed by atoms with Crippen molar-refractivity contribution in [3.63, 3.8) is 0 Å². The summed E-state index contributed by atoms with van der Waals surface area (Å²) in [5.41, 5.74) is 32.7. The molecular formula is C23H45N11O5. The van der Waals surface area contributed by atoms with Crippen LogP contribution in [0.2, 0.25) is 0 Å². The molecule has 1 rings (SSSR count). The first-order chi connectivity index (χ1) is 18.5. The molecule has 3 amide bonds. The molecule has 15 N–H and O–H groups in total. The van der Waals surface area contributed by atoms with Crippen LogP contribution >= 0.6 is 0 Å². The molecule has 0 aliphatic carbocycles. The number of nitrogens with zero attached hydrogens (tertiary/aromatic N) is 3. The van der Waals surface area contributed by atoms with Crippen molar-refractivity contribution in [2.24, 2.45) is 44.4 Å². The Morgan fingerprint density at radius 2 is 1.46 bits per heavy atom. The summed E-state index contributed by atoms with van der Waals surface area (Å²) in [6, 6.07) is -3.81. The van der Waals surface area contributed by atoms with E-state index >= 15 is 0 Å². The number of carboxylic acid groups (broad SMARTS) is 1. The quantitative estimate of drug-likeness (QED) is 0.0456. The van der Waals surface area contributed by atoms with Gasteiger partial charge in [0, 0.05) is 19.6 Å². The molecule has 0 radical (unpaired) electrons. The minimum atomic E-state index is -1.20. The molecule has 1 aliphatic rings. The van der Waals surface area contributed by atoms with Crippen molar-refractivity contribution in [2.45, 2.75) is 82.0 Å². The number of hydrogen-bond acceptors (Lipinski definition) is 8. The van der Waals surface area contributed by atoms with Gasteiger partial charge in [-0.3, -0.25) is 24.4 Å². The van der Waals surface area contributed by atoms with Gasteiger partial charge < -0.3 is 55.0 Å². The summed E-state index contributed by atoms with van der Waals surface area (Å²) in [4.78, 5) is 60.0. The third-order valence-corrected chi connectivity index (χ3v) is 6.26. The number of nitrogens with two attached hydrogens (primary N) is 6. The number of carbonyl (C=O) groups excluding carboxylic acids is 3. The molecule has 0 bridgehead atoms. The highest BCUT2D eigenvalue weighted by Gasteiger charge is 2.38. The van der Waals surface area contributed by atoms with Gasteiger partial charge in [-0.15, -0.1) is 0 Å². The van der Waals surface area contributed by atoms with Crippen LogP contribution in [0.25, 0.3) is 0 Å². The number of aliphatic carboxylic acids is 1. The zero-order valence-corrected chi connectivity index (χ0v) is 22.4. The van der Waals surface area contributed by atoms with E-state index in [1.54, 1.807) is 0 Å². The molecule has 0 aromatic rings. The zero-order valence-electron chi connectivity index (χ0n) is 22.4. The summed E-state index contributed by atoms with van der Waals surface area (Å²) < 4.78 is 0. The van der Waals surface area contributed by atoms with Crippen molar-refractivity contribution in [3.8, 4) is 0 Å². The molecule has 0 spiro atoms. The van der Waals surface area contributed by atoms with Crippen LogP contribution < -0.4 is 45.0 Å². The number of aliphatic imine (C=N–C) groups is 2. The smallest absolute Gasteiger partial charge is 0.326 e. The summed E-state index contributed by atoms with van der Waals surface area (Å²) in [5, 5.41) is 14.8. The van der Waals surface area contributed by atoms with E-state index in [0.717, 1.165) is 0 Å². The first kappa shape index (κ1) is 33.4. The molecule has 222 valence electrons. The van der Waals surface area contributed by atoms with E-state index in [0.29, 0.717) is 71.0 Å². The molecule has 4 atom stereocenters. The minimum absolute atomic E-state index is 0.0524. The maximum absolute atomic E-state index is 13.5. The minimum Gasteiger partial charge on any atom is -0.480 e. The van der Waals surface area contributed by atoms with Crippen LogP contribution in [0.15, 0.2) is 9.98 Å². The van der Waals surface area contributed by atoms with E-state index in [9.17, 15) is 24.3 Å². The Labute approximate surface area is 228 Å². The highest BCUT2D eigenvalue weighted by molar-refractivity contribution is 5.94. The van der Waals surface area contributed by atoms with Crippen molar-refractivity contribution < 1.29 is 24.3 Å². The van der Waals surface area contributed by atoms with Gasteiger partial charge in [-0.05, 0) is 64.3 Å². The number of rotatable bonds is 18. The van der Waals surface area contributed by atoms with Crippen LogP contribution in [-0.2, 0) is 19.2 Å². The van der Waals surface area contributed by atoms with Gasteiger partial charge in [0.2, 0.25) is 17.7 Å². The lowest BCUT2D eigenvalue weighted by molar-refractivity contribution is -0.145. The predicted molar refractivity (Wildman–Crippen MR) is 147 cm³/mol. The maximum atomic E-state index is 13.5. The second-order valence-electron chi connectivity index (χ2n) is 9.44. The van der Waals surface area contributed by atoms with E-state index in [1.165, 1.54) is 4.90 Å². The van der Waals surface area contributed by atoms with Crippen LogP contribution in [0.5, 0.6) is 0 Å². The van der Waals surface area contributed by atoms with Gasteiger partial charge in [0.1, 0.15) is 18.1 Å². The van der Waals surface area contributed by atoms with Gasteiger partial charge >= 0.3 is 5.97 Å². The number of nitrogens with one attached hydrogen (secondary N) is 2. The largest absolute Gasteiger partial charge is 0.480 e. The molecule has 1 heterocycles. The summed E-state index contributed by atoms with van der Waals surface area (Å²) in [6.07, 6.45) is 3.69. The lowest BCUT2D eigenvalue weighted by Gasteiger charge is -2.30. The lowest BCUT2D eigenvalue weighted by Crippen LogP contribution is -2.56. The van der Waals surface area contributed by atoms with Gasteiger partial charge in [-0.1, -0.05) is 0 Å². The SMILES string of the molecule is NCCCC[C@H](NC(=O)[C@@H](N)CCCN=C(N)N)C(=O)N1CCC[C@H]1C(=O)N[C@@H](CCCN=C(N)N)C(=O)O. The topological polar surface area (TPSA) is 297 Å². The molecular weight excluding hydrogens is 510 g/mol. The fourth-order valence-corrected chi connectivity index (χ4v) is 4.21. The number of guanidine groups is 2. The summed E-state index contributed by atoms with van der Waals surface area (Å²) >= 11 is 0. The number of carboxylic acids is 1. The fourth-order valence-electron chi connectivity index (χ4n) is 4.21. The summed E-state index contributed by atoms with van der Waals surface area (Å²) in [5.74, 6) is -2.86. The van der Waals surface area contributed by atoms with Gasteiger partial charge in [-0.25, -0.2) is 4.79 Å². The Balaban J connectivity index is 2.86. The molecule has 0 aromatic carbocycles. The average molecular weight is 556 g/mol. The third kappa shape index (κ3) is 12.6. The highest BCUT2D eigenvalue weighted by atomic mass is 16.4. The molecule has 39 heavy (non-hydrogen) atoms. The number of hydrogen-bond donors (Lipinski definition) is 9. The van der Waals surface area contributed by atoms with Gasteiger partial charge in [0.15, 0.2) is 11.9 Å². The van der Waals surface area contributed by atoms with Crippen molar-refractivity contribution in [3.05, 3.63) is 0 Å². The molecule has 1 fully saturated rings. The molecule has 0 saturated carbocycles. The van der Waals surface area contributed by atoms with E-state index < -0.39 is 47.9 Å². The Morgan fingerprint density at radius 1 is 0.872 bits per heavy atom. The summed E-state index contributed by atoms with van der Waals surface area (Å²) in [7, 11) is 0. The molecule has 1 saturated heterocycles. The number of carbonyl (C=O) groups is 4. The van der Waals surface area contributed by atoms with E-state index in [-0.39, 0.29) is 24.9 Å². The standard InChI is InChI=1S/C23H45N11O5/c24-10-2-1-7-15(32-18(35)14(25)6-3-11-30-22(26)27)20(37)34-13-5-9-17(34)19(36)33-16(21(38)39)8-4-12-31-23(28)29/h14-17H,1-13,24-25H2,(H,32,35)(H,33,36)(H,38,39)(H4,26,27,30)(H4,28,29,31)/t14-,15-,16-,17-/m0/s1. The van der Waals surface area contributed by atoms with Crippen LogP contribution in [0.4, 0.5) is 0 Å². The summed E-state index contributed by atoms with van der Waals surface area (Å²) in [6.45, 7) is 1.26. The van der Waals surface area contributed by atoms with E-state index in [1.807, 2.05) is 0 Å². The fraction of sp³-hybridized carbons (Fsp3) is 0.739. The Kier molecular flexibility index (Phi) is 15.2. The number of unbranched alkanes of at least 4 members (excludes halogenated alkanes) is 1. The third-order valence-electron chi connectivity index (χ3n) is 6.26. The number of likely N-dealkylation sites (tertiary alicyclic amines) is 1. The van der Waals surface area contributed by atoms with Crippen LogP contribution in [0.3, 0.4) is 0 Å². The van der Waals surface area contributed by atoms with Crippen molar-refractivity contribution in [1.29, 1.82) is 0 Å². The first-order valence-corrected chi connectivity index (χ1v) is 13.2. The van der Waals surface area contributed by atoms with Crippen LogP contribution in [0, 0.1) is 0 Å². The predicted octanol–water partition coefficient (Wildman–Crippen LogP) is -3.40. The van der Waals surface area contributed by atoms with Gasteiger partial charge in [0.25, 0.3) is 0 Å². The van der Waals surface area contributed by atoms with Gasteiger partial charge in [-0.2, -0.15) is 0 Å². The van der Waals surface area contributed by atoms with Crippen LogP contribution in [-0.4, -0.2) is 96.0 Å². The first-order valence-electron chi connectivity index (χ1n) is 13.2. The Morgan fingerprint density at radius 3 is 2.03 bits per heavy atom. The maximum Gasteiger partial charge on any atom is 0.326 e. The molecule has 1 aliphatic heterocycles. The number of amides is 3. The van der Waals surface area contributed by atoms with Crippen molar-refractivity contribution in [1.82, 2.24) is 15.5 Å². The highest BCUT2D eigenvalue weighted by Crippen LogP contribution is 2.20.